The van der Waals surface area contributed by atoms with Crippen LogP contribution in [0.3, 0.4) is 0 Å². The SMILES string of the molecule is Fc1ccccc1-c1cc(NCOc2cccnc2)n2ncc(Br)c2n1. The molecule has 0 amide bonds. The Hall–Kier alpha value is -3.00. The summed E-state index contributed by atoms with van der Waals surface area (Å²) in [5, 5.41) is 7.43. The maximum atomic E-state index is 14.2. The third-order valence-electron chi connectivity index (χ3n) is 3.71. The first-order valence-electron chi connectivity index (χ1n) is 7.78. The van der Waals surface area contributed by atoms with E-state index in [0.29, 0.717) is 32.9 Å². The minimum Gasteiger partial charge on any atom is -0.472 e. The van der Waals surface area contributed by atoms with E-state index in [0.717, 1.165) is 0 Å². The number of benzene rings is 1. The number of hydrogen-bond donors (Lipinski definition) is 1. The first kappa shape index (κ1) is 16.5. The van der Waals surface area contributed by atoms with E-state index in [4.69, 9.17) is 4.74 Å². The van der Waals surface area contributed by atoms with E-state index in [-0.39, 0.29) is 12.5 Å². The summed E-state index contributed by atoms with van der Waals surface area (Å²) in [6.07, 6.45) is 4.94. The second-order valence-electron chi connectivity index (χ2n) is 5.39. The van der Waals surface area contributed by atoms with Crippen molar-refractivity contribution in [2.45, 2.75) is 0 Å². The fourth-order valence-electron chi connectivity index (χ4n) is 2.49. The summed E-state index contributed by atoms with van der Waals surface area (Å²) in [5.74, 6) is 0.932. The number of halogens is 2. The van der Waals surface area contributed by atoms with Gasteiger partial charge in [-0.25, -0.2) is 9.37 Å². The van der Waals surface area contributed by atoms with Gasteiger partial charge >= 0.3 is 0 Å². The molecule has 0 aliphatic carbocycles. The first-order chi connectivity index (χ1) is 12.7. The van der Waals surface area contributed by atoms with Crippen LogP contribution in [0, 0.1) is 5.82 Å². The molecule has 4 rings (SSSR count). The van der Waals surface area contributed by atoms with Gasteiger partial charge < -0.3 is 10.1 Å². The molecule has 3 aromatic heterocycles. The molecule has 8 heteroatoms. The monoisotopic (exact) mass is 413 g/mol. The molecule has 0 atom stereocenters. The largest absolute Gasteiger partial charge is 0.472 e. The molecule has 0 aliphatic rings. The lowest BCUT2D eigenvalue weighted by Crippen LogP contribution is -2.13. The molecule has 0 bridgehead atoms. The highest BCUT2D eigenvalue weighted by Gasteiger charge is 2.13. The summed E-state index contributed by atoms with van der Waals surface area (Å²) in [6, 6.07) is 11.9. The molecule has 0 spiro atoms. The minimum atomic E-state index is -0.336. The van der Waals surface area contributed by atoms with E-state index >= 15 is 0 Å². The highest BCUT2D eigenvalue weighted by atomic mass is 79.9. The van der Waals surface area contributed by atoms with Crippen LogP contribution in [0.15, 0.2) is 65.5 Å². The second kappa shape index (κ2) is 7.09. The average Bonchev–Trinajstić information content (AvgIpc) is 3.04. The number of rotatable bonds is 5. The zero-order valence-electron chi connectivity index (χ0n) is 13.4. The molecular weight excluding hydrogens is 401 g/mol. The fraction of sp³-hybridized carbons (Fsp3) is 0.0556. The van der Waals surface area contributed by atoms with Crippen molar-refractivity contribution in [1.29, 1.82) is 0 Å². The predicted octanol–water partition coefficient (Wildman–Crippen LogP) is 4.14. The van der Waals surface area contributed by atoms with Gasteiger partial charge in [0, 0.05) is 17.8 Å². The Morgan fingerprint density at radius 1 is 1.15 bits per heavy atom. The van der Waals surface area contributed by atoms with Crippen LogP contribution in [0.4, 0.5) is 10.2 Å². The molecule has 130 valence electrons. The van der Waals surface area contributed by atoms with Gasteiger partial charge in [-0.3, -0.25) is 4.98 Å². The Bertz CT molecular complexity index is 1050. The van der Waals surface area contributed by atoms with Gasteiger partial charge in [0.05, 0.1) is 22.6 Å². The normalized spacial score (nSPS) is 10.8. The molecule has 0 saturated heterocycles. The summed E-state index contributed by atoms with van der Waals surface area (Å²) in [4.78, 5) is 8.51. The Kier molecular flexibility index (Phi) is 4.49. The highest BCUT2D eigenvalue weighted by Crippen LogP contribution is 2.27. The fourth-order valence-corrected chi connectivity index (χ4v) is 2.84. The van der Waals surface area contributed by atoms with Crippen molar-refractivity contribution in [3.8, 4) is 17.0 Å². The zero-order valence-corrected chi connectivity index (χ0v) is 15.0. The van der Waals surface area contributed by atoms with Crippen LogP contribution in [0.2, 0.25) is 0 Å². The summed E-state index contributed by atoms with van der Waals surface area (Å²) in [6.45, 7) is 0.193. The number of nitrogens with one attached hydrogen (secondary N) is 1. The molecule has 26 heavy (non-hydrogen) atoms. The van der Waals surface area contributed by atoms with Gasteiger partial charge in [-0.1, -0.05) is 12.1 Å². The molecule has 0 fully saturated rings. The van der Waals surface area contributed by atoms with Crippen LogP contribution >= 0.6 is 15.9 Å². The zero-order chi connectivity index (χ0) is 17.9. The summed E-state index contributed by atoms with van der Waals surface area (Å²) in [5.41, 5.74) is 1.50. The van der Waals surface area contributed by atoms with Crippen molar-refractivity contribution in [1.82, 2.24) is 19.6 Å². The van der Waals surface area contributed by atoms with Gasteiger partial charge in [0.2, 0.25) is 0 Å². The van der Waals surface area contributed by atoms with E-state index in [9.17, 15) is 4.39 Å². The van der Waals surface area contributed by atoms with E-state index < -0.39 is 0 Å². The smallest absolute Gasteiger partial charge is 0.172 e. The van der Waals surface area contributed by atoms with E-state index in [2.05, 4.69) is 36.3 Å². The van der Waals surface area contributed by atoms with Crippen molar-refractivity contribution in [2.75, 3.05) is 12.0 Å². The number of pyridine rings is 1. The second-order valence-corrected chi connectivity index (χ2v) is 6.24. The number of hydrogen-bond acceptors (Lipinski definition) is 5. The molecule has 4 aromatic rings. The van der Waals surface area contributed by atoms with Gasteiger partial charge in [-0.05, 0) is 40.2 Å². The molecule has 6 nitrogen and oxygen atoms in total. The molecule has 1 N–H and O–H groups in total. The van der Waals surface area contributed by atoms with Crippen LogP contribution < -0.4 is 10.1 Å². The molecule has 0 aliphatic heterocycles. The maximum Gasteiger partial charge on any atom is 0.172 e. The molecule has 0 radical (unpaired) electrons. The third-order valence-corrected chi connectivity index (χ3v) is 4.26. The van der Waals surface area contributed by atoms with Gasteiger partial charge in [-0.15, -0.1) is 0 Å². The van der Waals surface area contributed by atoms with E-state index in [1.54, 1.807) is 53.4 Å². The average molecular weight is 414 g/mol. The summed E-state index contributed by atoms with van der Waals surface area (Å²) in [7, 11) is 0. The molecule has 3 heterocycles. The van der Waals surface area contributed by atoms with Gasteiger partial charge in [0.25, 0.3) is 0 Å². The standard InChI is InChI=1S/C18H13BrFN5O/c19-14-10-23-25-17(22-11-26-12-4-3-7-21-9-12)8-16(24-18(14)25)13-5-1-2-6-15(13)20/h1-10,22H,11H2. The van der Waals surface area contributed by atoms with Crippen molar-refractivity contribution in [2.24, 2.45) is 0 Å². The molecule has 1 aromatic carbocycles. The summed E-state index contributed by atoms with van der Waals surface area (Å²) < 4.78 is 22.1. The number of aromatic nitrogens is 4. The van der Waals surface area contributed by atoms with Crippen molar-refractivity contribution in [3.05, 3.63) is 71.3 Å². The topological polar surface area (TPSA) is 64.3 Å². The van der Waals surface area contributed by atoms with Gasteiger partial charge in [0.15, 0.2) is 12.4 Å². The van der Waals surface area contributed by atoms with E-state index in [1.165, 1.54) is 6.07 Å². The molecule has 0 unspecified atom stereocenters. The Balaban J connectivity index is 1.68. The van der Waals surface area contributed by atoms with Crippen LogP contribution in [-0.4, -0.2) is 26.3 Å². The Morgan fingerprint density at radius 3 is 2.85 bits per heavy atom. The van der Waals surface area contributed by atoms with Gasteiger partial charge in [-0.2, -0.15) is 9.61 Å². The summed E-state index contributed by atoms with van der Waals surface area (Å²) >= 11 is 3.42. The van der Waals surface area contributed by atoms with Crippen LogP contribution in [0.5, 0.6) is 5.75 Å². The minimum absolute atomic E-state index is 0.193. The van der Waals surface area contributed by atoms with Crippen molar-refractivity contribution >= 4 is 27.4 Å². The van der Waals surface area contributed by atoms with Crippen LogP contribution in [0.25, 0.3) is 16.9 Å². The van der Waals surface area contributed by atoms with Gasteiger partial charge in [0.1, 0.15) is 17.4 Å². The number of ether oxygens (including phenoxy) is 1. The van der Waals surface area contributed by atoms with Crippen LogP contribution in [0.1, 0.15) is 0 Å². The number of anilines is 1. The predicted molar refractivity (Wildman–Crippen MR) is 99.4 cm³/mol. The quantitative estimate of drug-likeness (QED) is 0.498. The van der Waals surface area contributed by atoms with Crippen molar-refractivity contribution < 1.29 is 9.13 Å². The Labute approximate surface area is 156 Å². The van der Waals surface area contributed by atoms with Crippen LogP contribution in [-0.2, 0) is 0 Å². The maximum absolute atomic E-state index is 14.2. The number of nitrogens with zero attached hydrogens (tertiary/aromatic N) is 4. The number of fused-ring (bicyclic) bond motifs is 1. The first-order valence-corrected chi connectivity index (χ1v) is 8.57. The lowest BCUT2D eigenvalue weighted by Gasteiger charge is -2.12. The van der Waals surface area contributed by atoms with Crippen molar-refractivity contribution in [3.63, 3.8) is 0 Å². The molecule has 0 saturated carbocycles. The van der Waals surface area contributed by atoms with E-state index in [1.807, 2.05) is 6.07 Å². The third kappa shape index (κ3) is 3.23. The Morgan fingerprint density at radius 2 is 2.04 bits per heavy atom. The highest BCUT2D eigenvalue weighted by molar-refractivity contribution is 9.10. The lowest BCUT2D eigenvalue weighted by atomic mass is 10.1. The lowest BCUT2D eigenvalue weighted by molar-refractivity contribution is 0.344. The molecular formula is C18H13BrFN5O.